The quantitative estimate of drug-likeness (QED) is 0.742. The van der Waals surface area contributed by atoms with Gasteiger partial charge in [0.1, 0.15) is 5.75 Å². The van der Waals surface area contributed by atoms with E-state index < -0.39 is 0 Å². The van der Waals surface area contributed by atoms with Gasteiger partial charge in [-0.25, -0.2) is 0 Å². The van der Waals surface area contributed by atoms with Gasteiger partial charge in [-0.2, -0.15) is 0 Å². The van der Waals surface area contributed by atoms with E-state index in [1.165, 1.54) is 5.56 Å². The van der Waals surface area contributed by atoms with E-state index in [-0.39, 0.29) is 12.4 Å². The van der Waals surface area contributed by atoms with Crippen LogP contribution in [0.2, 0.25) is 0 Å². The van der Waals surface area contributed by atoms with Gasteiger partial charge in [0.15, 0.2) is 0 Å². The molecule has 0 aliphatic carbocycles. The minimum atomic E-state index is 0.0864. The Bertz CT molecular complexity index is 269. The molecule has 2 N–H and O–H groups in total. The number of aryl methyl sites for hydroxylation is 1. The normalized spacial score (nSPS) is 10.3. The molecule has 0 amide bonds. The summed E-state index contributed by atoms with van der Waals surface area (Å²) < 4.78 is 0. The van der Waals surface area contributed by atoms with E-state index in [0.717, 1.165) is 18.4 Å². The van der Waals surface area contributed by atoms with Gasteiger partial charge >= 0.3 is 0 Å². The van der Waals surface area contributed by atoms with Gasteiger partial charge in [0, 0.05) is 6.61 Å². The SMILES string of the molecule is CCCc1ccc(O)c(CCO)c1. The van der Waals surface area contributed by atoms with Gasteiger partial charge in [-0.1, -0.05) is 25.5 Å². The van der Waals surface area contributed by atoms with Crippen LogP contribution in [0.1, 0.15) is 24.5 Å². The number of benzene rings is 1. The third-order valence-corrected chi connectivity index (χ3v) is 2.06. The smallest absolute Gasteiger partial charge is 0.118 e. The van der Waals surface area contributed by atoms with E-state index in [9.17, 15) is 5.11 Å². The van der Waals surface area contributed by atoms with Crippen molar-refractivity contribution in [1.82, 2.24) is 0 Å². The first-order valence-corrected chi connectivity index (χ1v) is 4.69. The lowest BCUT2D eigenvalue weighted by molar-refractivity contribution is 0.297. The van der Waals surface area contributed by atoms with E-state index in [4.69, 9.17) is 5.11 Å². The molecule has 0 saturated carbocycles. The van der Waals surface area contributed by atoms with Crippen molar-refractivity contribution in [2.45, 2.75) is 26.2 Å². The Balaban J connectivity index is 2.83. The zero-order valence-electron chi connectivity index (χ0n) is 7.95. The fourth-order valence-corrected chi connectivity index (χ4v) is 1.40. The van der Waals surface area contributed by atoms with Crippen LogP contribution < -0.4 is 0 Å². The molecule has 0 bridgehead atoms. The number of aromatic hydroxyl groups is 1. The molecule has 0 aromatic heterocycles. The first-order valence-electron chi connectivity index (χ1n) is 4.69. The second kappa shape index (κ2) is 4.87. The maximum atomic E-state index is 9.42. The van der Waals surface area contributed by atoms with Gasteiger partial charge in [-0.05, 0) is 30.0 Å². The summed E-state index contributed by atoms with van der Waals surface area (Å²) in [7, 11) is 0. The molecule has 0 radical (unpaired) electrons. The zero-order chi connectivity index (χ0) is 9.68. The number of hydrogen-bond acceptors (Lipinski definition) is 2. The molecule has 0 saturated heterocycles. The van der Waals surface area contributed by atoms with Gasteiger partial charge in [0.05, 0.1) is 0 Å². The summed E-state index contributed by atoms with van der Waals surface area (Å²) in [5.74, 6) is 0.286. The number of aliphatic hydroxyl groups excluding tert-OH is 1. The Kier molecular flexibility index (Phi) is 3.77. The van der Waals surface area contributed by atoms with E-state index in [2.05, 4.69) is 6.92 Å². The van der Waals surface area contributed by atoms with Crippen LogP contribution in [-0.4, -0.2) is 16.8 Å². The fraction of sp³-hybridized carbons (Fsp3) is 0.455. The van der Waals surface area contributed by atoms with Crippen LogP contribution in [0.4, 0.5) is 0 Å². The van der Waals surface area contributed by atoms with E-state index in [1.807, 2.05) is 12.1 Å². The maximum Gasteiger partial charge on any atom is 0.118 e. The highest BCUT2D eigenvalue weighted by Gasteiger charge is 2.01. The summed E-state index contributed by atoms with van der Waals surface area (Å²) in [5.41, 5.74) is 2.07. The first kappa shape index (κ1) is 10.1. The van der Waals surface area contributed by atoms with Crippen molar-refractivity contribution in [3.8, 4) is 5.75 Å². The third kappa shape index (κ3) is 2.74. The average Bonchev–Trinajstić information content (AvgIpc) is 2.12. The minimum Gasteiger partial charge on any atom is -0.508 e. The highest BCUT2D eigenvalue weighted by Crippen LogP contribution is 2.19. The molecule has 0 aliphatic rings. The van der Waals surface area contributed by atoms with Gasteiger partial charge in [0.25, 0.3) is 0 Å². The Morgan fingerprint density at radius 3 is 2.62 bits per heavy atom. The van der Waals surface area contributed by atoms with Crippen molar-refractivity contribution in [3.63, 3.8) is 0 Å². The fourth-order valence-electron chi connectivity index (χ4n) is 1.40. The number of phenols is 1. The predicted octanol–water partition coefficient (Wildman–Crippen LogP) is 1.88. The second-order valence-electron chi connectivity index (χ2n) is 3.19. The lowest BCUT2D eigenvalue weighted by Crippen LogP contribution is -1.93. The van der Waals surface area contributed by atoms with Crippen LogP contribution in [-0.2, 0) is 12.8 Å². The molecule has 0 unspecified atom stereocenters. The third-order valence-electron chi connectivity index (χ3n) is 2.06. The van der Waals surface area contributed by atoms with Crippen LogP contribution in [0.3, 0.4) is 0 Å². The van der Waals surface area contributed by atoms with Crippen molar-refractivity contribution in [3.05, 3.63) is 29.3 Å². The molecular formula is C11H16O2. The highest BCUT2D eigenvalue weighted by molar-refractivity contribution is 5.36. The summed E-state index contributed by atoms with van der Waals surface area (Å²) in [6, 6.07) is 5.60. The van der Waals surface area contributed by atoms with E-state index in [0.29, 0.717) is 6.42 Å². The molecule has 1 aromatic rings. The van der Waals surface area contributed by atoms with Gasteiger partial charge in [0.2, 0.25) is 0 Å². The van der Waals surface area contributed by atoms with Crippen molar-refractivity contribution in [1.29, 1.82) is 0 Å². The molecule has 0 aliphatic heterocycles. The maximum absolute atomic E-state index is 9.42. The zero-order valence-corrected chi connectivity index (χ0v) is 7.95. The molecule has 2 heteroatoms. The molecular weight excluding hydrogens is 164 g/mol. The highest BCUT2D eigenvalue weighted by atomic mass is 16.3. The summed E-state index contributed by atoms with van der Waals surface area (Å²) in [6.45, 7) is 2.21. The van der Waals surface area contributed by atoms with Crippen LogP contribution in [0.15, 0.2) is 18.2 Å². The van der Waals surface area contributed by atoms with Crippen molar-refractivity contribution >= 4 is 0 Å². The summed E-state index contributed by atoms with van der Waals surface area (Å²) in [5, 5.41) is 18.2. The number of aliphatic hydroxyl groups is 1. The van der Waals surface area contributed by atoms with Crippen molar-refractivity contribution < 1.29 is 10.2 Å². The van der Waals surface area contributed by atoms with Crippen molar-refractivity contribution in [2.75, 3.05) is 6.61 Å². The lowest BCUT2D eigenvalue weighted by atomic mass is 10.0. The van der Waals surface area contributed by atoms with Crippen molar-refractivity contribution in [2.24, 2.45) is 0 Å². The van der Waals surface area contributed by atoms with Gasteiger partial charge in [-0.3, -0.25) is 0 Å². The molecule has 2 nitrogen and oxygen atoms in total. The van der Waals surface area contributed by atoms with Crippen LogP contribution in [0.5, 0.6) is 5.75 Å². The molecule has 0 fully saturated rings. The summed E-state index contributed by atoms with van der Waals surface area (Å²) in [6.07, 6.45) is 2.66. The van der Waals surface area contributed by atoms with Gasteiger partial charge in [-0.15, -0.1) is 0 Å². The number of rotatable bonds is 4. The Morgan fingerprint density at radius 2 is 2.00 bits per heavy atom. The molecule has 1 rings (SSSR count). The number of phenolic OH excluding ortho intramolecular Hbond substituents is 1. The standard InChI is InChI=1S/C11H16O2/c1-2-3-9-4-5-11(13)10(8-9)6-7-12/h4-5,8,12-13H,2-3,6-7H2,1H3. The van der Waals surface area contributed by atoms with E-state index in [1.54, 1.807) is 6.07 Å². The Hall–Kier alpha value is -1.02. The van der Waals surface area contributed by atoms with E-state index >= 15 is 0 Å². The predicted molar refractivity (Wildman–Crippen MR) is 52.9 cm³/mol. The molecule has 0 atom stereocenters. The lowest BCUT2D eigenvalue weighted by Gasteiger charge is -2.05. The topological polar surface area (TPSA) is 40.5 Å². The van der Waals surface area contributed by atoms with Crippen LogP contribution in [0.25, 0.3) is 0 Å². The summed E-state index contributed by atoms with van der Waals surface area (Å²) in [4.78, 5) is 0. The monoisotopic (exact) mass is 180 g/mol. The largest absolute Gasteiger partial charge is 0.508 e. The number of hydrogen-bond donors (Lipinski definition) is 2. The average molecular weight is 180 g/mol. The second-order valence-corrected chi connectivity index (χ2v) is 3.19. The molecule has 13 heavy (non-hydrogen) atoms. The summed E-state index contributed by atoms with van der Waals surface area (Å²) >= 11 is 0. The molecule has 72 valence electrons. The molecule has 1 aromatic carbocycles. The van der Waals surface area contributed by atoms with Crippen LogP contribution in [0, 0.1) is 0 Å². The Labute approximate surface area is 78.8 Å². The van der Waals surface area contributed by atoms with Gasteiger partial charge < -0.3 is 10.2 Å². The first-order chi connectivity index (χ1) is 6.27. The Morgan fingerprint density at radius 1 is 1.23 bits per heavy atom. The minimum absolute atomic E-state index is 0.0864. The van der Waals surface area contributed by atoms with Crippen LogP contribution >= 0.6 is 0 Å². The molecule has 0 heterocycles. The molecule has 0 spiro atoms.